The van der Waals surface area contributed by atoms with E-state index < -0.39 is 17.2 Å². The second kappa shape index (κ2) is 15.0. The summed E-state index contributed by atoms with van der Waals surface area (Å²) in [6.07, 6.45) is 9.02. The number of hydrogen-bond donors (Lipinski definition) is 2. The maximum absolute atomic E-state index is 13.8. The summed E-state index contributed by atoms with van der Waals surface area (Å²) in [4.78, 5) is 0. The van der Waals surface area contributed by atoms with Gasteiger partial charge >= 0.3 is 280 Å². The van der Waals surface area contributed by atoms with Crippen LogP contribution in [-0.2, 0) is 34.8 Å². The summed E-state index contributed by atoms with van der Waals surface area (Å²) in [5, 5.41) is 1.63. The molecule has 2 aliphatic rings. The molecule has 0 unspecified atom stereocenters. The van der Waals surface area contributed by atoms with Crippen molar-refractivity contribution in [2.75, 3.05) is 20.0 Å². The number of hydrogen-bond acceptors (Lipinski definition) is 6. The molecule has 0 spiro atoms. The summed E-state index contributed by atoms with van der Waals surface area (Å²) in [5.41, 5.74) is 10.1. The maximum atomic E-state index is 13.8. The van der Waals surface area contributed by atoms with Crippen molar-refractivity contribution in [1.82, 2.24) is 0 Å². The topological polar surface area (TPSA) is 108 Å². The minimum absolute atomic E-state index is 0. The largest absolute Gasteiger partial charge is 0 e. The molecule has 7 nitrogen and oxygen atoms in total. The second-order valence-corrected chi connectivity index (χ2v) is 19.1. The van der Waals surface area contributed by atoms with Crippen molar-refractivity contribution in [3.63, 3.8) is 0 Å². The van der Waals surface area contributed by atoms with Crippen molar-refractivity contribution in [2.45, 2.75) is 75.5 Å². The number of rotatable bonds is 10. The third kappa shape index (κ3) is 6.24. The minimum Gasteiger partial charge on any atom is 0 e. The van der Waals surface area contributed by atoms with Crippen molar-refractivity contribution in [2.24, 2.45) is 0 Å². The fourth-order valence-corrected chi connectivity index (χ4v) is 19.5. The van der Waals surface area contributed by atoms with Gasteiger partial charge in [-0.2, -0.15) is 0 Å². The fourth-order valence-electron chi connectivity index (χ4n) is 8.86. The molecule has 2 aliphatic carbocycles. The van der Waals surface area contributed by atoms with Crippen LogP contribution in [0.3, 0.4) is 0 Å². The summed E-state index contributed by atoms with van der Waals surface area (Å²) in [6, 6.07) is 29.5. The van der Waals surface area contributed by atoms with Gasteiger partial charge in [0.15, 0.2) is 0 Å². The van der Waals surface area contributed by atoms with Crippen molar-refractivity contribution >= 4 is 33.5 Å². The molecule has 0 saturated heterocycles. The van der Waals surface area contributed by atoms with Gasteiger partial charge in [0.05, 0.1) is 0 Å². The van der Waals surface area contributed by atoms with Gasteiger partial charge in [0.25, 0.3) is 0 Å². The van der Waals surface area contributed by atoms with Crippen LogP contribution in [0.15, 0.2) is 91.0 Å². The Kier molecular flexibility index (Phi) is 11.4. The molecule has 0 atom stereocenters. The van der Waals surface area contributed by atoms with Crippen LogP contribution >= 0.6 is 6.83 Å². The van der Waals surface area contributed by atoms with E-state index in [2.05, 4.69) is 12.1 Å². The normalized spacial score (nSPS) is 17.1. The first kappa shape index (κ1) is 36.5. The van der Waals surface area contributed by atoms with E-state index in [9.17, 15) is 13.0 Å². The standard InChI is InChI=1S/C38H46NO6PS.Pd/c1-43-34-24-15-25-35(44-2)38(34)32-22-11-14-27-37(32)46(45-47(40,41)42,28-16-5-3-6-17-28,29-18-7-4-8-19-29)36-26-13-10-21-31(36)30-20-9-12-23-33(30)39;/h9-15,20-29H,3-8,16-19,39H2,1-2H3,(H,40,41,42);. The molecule has 0 radical (unpaired) electrons. The zero-order valence-corrected chi connectivity index (χ0v) is 30.9. The number of ether oxygens (including phenoxy) is 2. The van der Waals surface area contributed by atoms with Gasteiger partial charge < -0.3 is 0 Å². The van der Waals surface area contributed by atoms with Gasteiger partial charge in [0.1, 0.15) is 0 Å². The van der Waals surface area contributed by atoms with Gasteiger partial charge in [-0.05, 0) is 0 Å². The number of anilines is 1. The summed E-state index contributed by atoms with van der Waals surface area (Å²) >= 11 is 0. The van der Waals surface area contributed by atoms with Gasteiger partial charge in [-0.15, -0.1) is 0 Å². The Labute approximate surface area is 299 Å². The Hall–Kier alpha value is -2.76. The van der Waals surface area contributed by atoms with Crippen molar-refractivity contribution < 1.29 is 46.8 Å². The Balaban J connectivity index is 0.00000451. The van der Waals surface area contributed by atoms with Gasteiger partial charge in [-0.1, -0.05) is 0 Å². The quantitative estimate of drug-likeness (QED) is 0.0719. The molecule has 0 heterocycles. The maximum Gasteiger partial charge on any atom is 0 e. The van der Waals surface area contributed by atoms with E-state index in [4.69, 9.17) is 19.2 Å². The zero-order chi connectivity index (χ0) is 33.1. The van der Waals surface area contributed by atoms with Gasteiger partial charge in [0, 0.05) is 20.4 Å². The average molecular weight is 782 g/mol. The first-order chi connectivity index (χ1) is 22.7. The van der Waals surface area contributed by atoms with Gasteiger partial charge in [-0.3, -0.25) is 0 Å². The summed E-state index contributed by atoms with van der Waals surface area (Å²) < 4.78 is 57.6. The predicted octanol–water partition coefficient (Wildman–Crippen LogP) is 8.52. The third-order valence-electron chi connectivity index (χ3n) is 10.6. The van der Waals surface area contributed by atoms with Crippen LogP contribution in [0.5, 0.6) is 11.5 Å². The monoisotopic (exact) mass is 781 g/mol. The molecule has 4 aromatic rings. The Morgan fingerprint density at radius 1 is 0.625 bits per heavy atom. The molecule has 4 aromatic carbocycles. The molecular formula is C38H46NO6PPdS. The van der Waals surface area contributed by atoms with Crippen molar-refractivity contribution in [1.29, 1.82) is 0 Å². The van der Waals surface area contributed by atoms with E-state index in [-0.39, 0.29) is 31.7 Å². The fraction of sp³-hybridized carbons (Fsp3) is 0.368. The van der Waals surface area contributed by atoms with E-state index in [0.29, 0.717) is 17.2 Å². The van der Waals surface area contributed by atoms with E-state index in [0.717, 1.165) is 97.1 Å². The summed E-state index contributed by atoms with van der Waals surface area (Å²) in [7, 11) is -1.75. The molecule has 2 saturated carbocycles. The van der Waals surface area contributed by atoms with Gasteiger partial charge in [0.2, 0.25) is 0 Å². The average Bonchev–Trinajstić information content (AvgIpc) is 3.11. The van der Waals surface area contributed by atoms with E-state index >= 15 is 0 Å². The molecule has 48 heavy (non-hydrogen) atoms. The SMILES string of the molecule is COc1cccc(OC)c1-c1ccccc1P(OS(=O)(=O)O)(c1ccccc1-c1ccccc1N)(C1CCCCC1)C1CCCCC1.[Pd]. The molecule has 260 valence electrons. The molecule has 3 N–H and O–H groups in total. The van der Waals surface area contributed by atoms with E-state index in [1.165, 1.54) is 0 Å². The van der Waals surface area contributed by atoms with E-state index in [1.54, 1.807) is 14.2 Å². The van der Waals surface area contributed by atoms with Crippen LogP contribution in [0.1, 0.15) is 64.2 Å². The summed E-state index contributed by atoms with van der Waals surface area (Å²) in [6.45, 7) is -4.54. The molecule has 0 bridgehead atoms. The van der Waals surface area contributed by atoms with E-state index in [1.807, 2.05) is 78.9 Å². The molecule has 10 heteroatoms. The Morgan fingerprint density at radius 3 is 1.54 bits per heavy atom. The van der Waals surface area contributed by atoms with Crippen LogP contribution in [-0.4, -0.2) is 38.5 Å². The molecule has 0 aromatic heterocycles. The van der Waals surface area contributed by atoms with Crippen LogP contribution in [0.2, 0.25) is 0 Å². The van der Waals surface area contributed by atoms with Crippen molar-refractivity contribution in [3.05, 3.63) is 91.0 Å². The molecule has 0 aliphatic heterocycles. The third-order valence-corrected chi connectivity index (χ3v) is 19.3. The predicted molar refractivity (Wildman–Crippen MR) is 194 cm³/mol. The minimum atomic E-state index is -5.01. The van der Waals surface area contributed by atoms with Crippen molar-refractivity contribution in [3.8, 4) is 33.8 Å². The summed E-state index contributed by atoms with van der Waals surface area (Å²) in [5.74, 6) is 1.21. The number of benzene rings is 4. The number of methoxy groups -OCH3 is 2. The van der Waals surface area contributed by atoms with Crippen LogP contribution < -0.4 is 25.8 Å². The van der Waals surface area contributed by atoms with Crippen LogP contribution in [0, 0.1) is 0 Å². The molecule has 0 amide bonds. The smallest absolute Gasteiger partial charge is 0 e. The first-order valence-corrected chi connectivity index (χ1v) is 20.4. The Morgan fingerprint density at radius 2 is 1.06 bits per heavy atom. The molecule has 6 rings (SSSR count). The van der Waals surface area contributed by atoms with Crippen LogP contribution in [0.4, 0.5) is 5.69 Å². The molecule has 2 fully saturated rings. The number of nitrogens with two attached hydrogens (primary N) is 1. The van der Waals surface area contributed by atoms with Gasteiger partial charge in [-0.25, -0.2) is 0 Å². The Bertz CT molecular complexity index is 1800. The number of nitrogen functional groups attached to an aromatic ring is 1. The molecular weight excluding hydrogens is 736 g/mol. The first-order valence-electron chi connectivity index (χ1n) is 16.7. The number of para-hydroxylation sites is 1. The zero-order valence-electron chi connectivity index (χ0n) is 27.6. The second-order valence-electron chi connectivity index (χ2n) is 12.9. The van der Waals surface area contributed by atoms with Crippen LogP contribution in [0.25, 0.3) is 22.3 Å².